The van der Waals surface area contributed by atoms with Crippen LogP contribution in [-0.4, -0.2) is 78.0 Å². The Morgan fingerprint density at radius 2 is 1.56 bits per heavy atom. The first-order valence-corrected chi connectivity index (χ1v) is 12.8. The molecule has 0 aromatic carbocycles. The summed E-state index contributed by atoms with van der Waals surface area (Å²) in [5, 5.41) is 0. The van der Waals surface area contributed by atoms with Gasteiger partial charge in [-0.1, -0.05) is 18.2 Å². The monoisotopic (exact) mass is 565 g/mol. The Balaban J connectivity index is 3.32. The highest BCUT2D eigenvalue weighted by Gasteiger charge is 2.43. The number of hydrogen-bond acceptors (Lipinski definition) is 8. The van der Waals surface area contributed by atoms with Gasteiger partial charge in [-0.25, -0.2) is 14.4 Å². The summed E-state index contributed by atoms with van der Waals surface area (Å²) in [7, 11) is 0. The number of hydrogen-bond donors (Lipinski definition) is 0. The highest BCUT2D eigenvalue weighted by Crippen LogP contribution is 2.26. The van der Waals surface area contributed by atoms with Crippen molar-refractivity contribution >= 4 is 18.2 Å². The number of imide groups is 1. The van der Waals surface area contributed by atoms with Crippen LogP contribution in [0, 0.1) is 0 Å². The maximum absolute atomic E-state index is 13.3. The van der Waals surface area contributed by atoms with E-state index in [2.05, 4.69) is 6.58 Å². The number of carbonyl (C=O) groups excluding carboxylic acids is 3. The van der Waals surface area contributed by atoms with Crippen LogP contribution < -0.4 is 0 Å². The van der Waals surface area contributed by atoms with Gasteiger partial charge in [0.15, 0.2) is 0 Å². The van der Waals surface area contributed by atoms with E-state index in [0.29, 0.717) is 10.5 Å². The minimum atomic E-state index is -4.50. The van der Waals surface area contributed by atoms with Crippen LogP contribution in [0.5, 0.6) is 0 Å². The second kappa shape index (κ2) is 14.2. The number of esters is 1. The Labute approximate surface area is 228 Å². The minimum Gasteiger partial charge on any atom is -0.458 e. The van der Waals surface area contributed by atoms with Crippen molar-refractivity contribution in [2.24, 2.45) is 0 Å². The molecule has 224 valence electrons. The van der Waals surface area contributed by atoms with Gasteiger partial charge < -0.3 is 23.7 Å². The van der Waals surface area contributed by atoms with E-state index in [-0.39, 0.29) is 31.9 Å². The van der Waals surface area contributed by atoms with E-state index >= 15 is 0 Å². The highest BCUT2D eigenvalue weighted by atomic mass is 19.4. The SMILES string of the molecule is C=C(C)CO[C@H]1CCC[C@H](N(C(=O)OC(C)(C)C)C(=O)OC(C)(C)C)C(=O)O[C@@H](C)[C@@H]1OC/C=C/C(F)(F)F. The predicted molar refractivity (Wildman–Crippen MR) is 137 cm³/mol. The van der Waals surface area contributed by atoms with Crippen molar-refractivity contribution in [2.45, 2.75) is 116 Å². The van der Waals surface area contributed by atoms with Gasteiger partial charge in [-0.15, -0.1) is 0 Å². The van der Waals surface area contributed by atoms with Crippen molar-refractivity contribution in [2.75, 3.05) is 13.2 Å². The molecule has 0 radical (unpaired) electrons. The highest BCUT2D eigenvalue weighted by molar-refractivity contribution is 5.94. The number of carbonyl (C=O) groups is 3. The molecule has 2 amide bonds. The molecule has 39 heavy (non-hydrogen) atoms. The third-order valence-corrected chi connectivity index (χ3v) is 5.10. The first-order chi connectivity index (χ1) is 17.7. The topological polar surface area (TPSA) is 101 Å². The standard InChI is InChI=1S/C27H42F3NO8/c1-17(2)16-36-20-13-10-12-19(22(32)37-18(3)21(20)35-15-11-14-27(28,29)30)31(23(33)38-25(4,5)6)24(34)39-26(7,8)9/h11,14,18-21H,1,10,12-13,15-16H2,2-9H3/b14-11+/t18-,19-,20-,21-/m0/s1. The average Bonchev–Trinajstić information content (AvgIpc) is 2.76. The predicted octanol–water partition coefficient (Wildman–Crippen LogP) is 6.11. The fourth-order valence-corrected chi connectivity index (χ4v) is 3.63. The molecule has 0 aromatic heterocycles. The average molecular weight is 566 g/mol. The number of alkyl halides is 3. The van der Waals surface area contributed by atoms with Gasteiger partial charge in [0.2, 0.25) is 0 Å². The lowest BCUT2D eigenvalue weighted by atomic mass is 10.0. The van der Waals surface area contributed by atoms with Gasteiger partial charge in [0.1, 0.15) is 29.5 Å². The van der Waals surface area contributed by atoms with E-state index < -0.39 is 66.5 Å². The lowest BCUT2D eigenvalue weighted by Gasteiger charge is -2.33. The fourth-order valence-electron chi connectivity index (χ4n) is 3.63. The summed E-state index contributed by atoms with van der Waals surface area (Å²) >= 11 is 0. The number of rotatable bonds is 7. The number of halogens is 3. The van der Waals surface area contributed by atoms with E-state index in [1.807, 2.05) is 0 Å². The summed E-state index contributed by atoms with van der Waals surface area (Å²) in [5.41, 5.74) is -1.25. The van der Waals surface area contributed by atoms with Gasteiger partial charge in [-0.2, -0.15) is 18.1 Å². The van der Waals surface area contributed by atoms with Crippen LogP contribution in [0.3, 0.4) is 0 Å². The number of amides is 2. The van der Waals surface area contributed by atoms with Gasteiger partial charge in [0.05, 0.1) is 19.3 Å². The zero-order valence-electron chi connectivity index (χ0n) is 24.1. The van der Waals surface area contributed by atoms with E-state index in [0.717, 1.165) is 6.08 Å². The molecular weight excluding hydrogens is 523 g/mol. The molecule has 0 aromatic rings. The minimum absolute atomic E-state index is 0.00231. The lowest BCUT2D eigenvalue weighted by molar-refractivity contribution is -0.168. The number of nitrogens with zero attached hydrogens (tertiary/aromatic N) is 1. The molecule has 0 spiro atoms. The Bertz CT molecular complexity index is 861. The van der Waals surface area contributed by atoms with Gasteiger partial charge in [0, 0.05) is 6.08 Å². The van der Waals surface area contributed by atoms with Crippen molar-refractivity contribution in [1.29, 1.82) is 0 Å². The largest absolute Gasteiger partial charge is 0.458 e. The molecule has 0 bridgehead atoms. The summed E-state index contributed by atoms with van der Waals surface area (Å²) in [4.78, 5) is 40.1. The second-order valence-corrected chi connectivity index (χ2v) is 11.5. The van der Waals surface area contributed by atoms with Crippen LogP contribution in [0.15, 0.2) is 24.3 Å². The van der Waals surface area contributed by atoms with Crippen LogP contribution >= 0.6 is 0 Å². The van der Waals surface area contributed by atoms with Crippen LogP contribution in [0.2, 0.25) is 0 Å². The first kappa shape index (κ1) is 34.4. The third-order valence-electron chi connectivity index (χ3n) is 5.10. The number of ether oxygens (including phenoxy) is 5. The maximum Gasteiger partial charge on any atom is 0.420 e. The van der Waals surface area contributed by atoms with E-state index in [9.17, 15) is 27.6 Å². The molecule has 0 saturated carbocycles. The zero-order chi connectivity index (χ0) is 30.2. The quantitative estimate of drug-likeness (QED) is 0.207. The molecule has 0 N–H and O–H groups in total. The lowest BCUT2D eigenvalue weighted by Crippen LogP contribution is -2.53. The summed E-state index contributed by atoms with van der Waals surface area (Å²) in [6, 6.07) is -1.39. The van der Waals surface area contributed by atoms with E-state index in [1.54, 1.807) is 48.5 Å². The Hall–Kier alpha value is -2.60. The molecule has 1 aliphatic rings. The fraction of sp³-hybridized carbons (Fsp3) is 0.741. The summed E-state index contributed by atoms with van der Waals surface area (Å²) in [6.45, 7) is 16.4. The third kappa shape index (κ3) is 13.3. The van der Waals surface area contributed by atoms with Crippen LogP contribution in [-0.2, 0) is 28.5 Å². The Morgan fingerprint density at radius 1 is 1.03 bits per heavy atom. The number of allylic oxidation sites excluding steroid dienone is 1. The smallest absolute Gasteiger partial charge is 0.420 e. The van der Waals surface area contributed by atoms with Crippen LogP contribution in [0.1, 0.15) is 74.7 Å². The molecule has 0 aliphatic carbocycles. The van der Waals surface area contributed by atoms with E-state index in [1.165, 1.54) is 6.92 Å². The zero-order valence-corrected chi connectivity index (χ0v) is 24.1. The molecule has 4 atom stereocenters. The van der Waals surface area contributed by atoms with Gasteiger partial charge >= 0.3 is 24.3 Å². The van der Waals surface area contributed by atoms with Crippen molar-refractivity contribution in [3.63, 3.8) is 0 Å². The van der Waals surface area contributed by atoms with Gasteiger partial charge in [0.25, 0.3) is 0 Å². The molecule has 1 saturated heterocycles. The van der Waals surface area contributed by atoms with Crippen molar-refractivity contribution in [3.8, 4) is 0 Å². The Kier molecular flexibility index (Phi) is 12.5. The van der Waals surface area contributed by atoms with Gasteiger partial charge in [-0.05, 0) is 74.7 Å². The summed E-state index contributed by atoms with van der Waals surface area (Å²) in [5.74, 6) is -0.917. The molecule has 1 heterocycles. The molecule has 0 unspecified atom stereocenters. The maximum atomic E-state index is 13.3. The second-order valence-electron chi connectivity index (χ2n) is 11.5. The summed E-state index contributed by atoms with van der Waals surface area (Å²) in [6.07, 6.45) is -7.87. The molecule has 1 rings (SSSR count). The first-order valence-electron chi connectivity index (χ1n) is 12.8. The normalized spacial score (nSPS) is 23.3. The van der Waals surface area contributed by atoms with Crippen molar-refractivity contribution in [1.82, 2.24) is 4.90 Å². The van der Waals surface area contributed by atoms with Crippen LogP contribution in [0.25, 0.3) is 0 Å². The molecule has 9 nitrogen and oxygen atoms in total. The van der Waals surface area contributed by atoms with E-state index in [4.69, 9.17) is 23.7 Å². The molecule has 1 aliphatic heterocycles. The van der Waals surface area contributed by atoms with Crippen LogP contribution in [0.4, 0.5) is 22.8 Å². The summed E-state index contributed by atoms with van der Waals surface area (Å²) < 4.78 is 65.6. The van der Waals surface area contributed by atoms with Crippen molar-refractivity contribution < 1.29 is 51.2 Å². The Morgan fingerprint density at radius 3 is 2.03 bits per heavy atom. The van der Waals surface area contributed by atoms with Gasteiger partial charge in [-0.3, -0.25) is 0 Å². The number of cyclic esters (lactones) is 1. The van der Waals surface area contributed by atoms with Crippen molar-refractivity contribution in [3.05, 3.63) is 24.3 Å². The molecule has 12 heteroatoms. The molecule has 1 fully saturated rings. The molecular formula is C27H42F3NO8.